The maximum atomic E-state index is 13.7. The number of sulfonamides is 1. The normalized spacial score (nSPS) is 17.2. The number of rotatable bonds is 6. The van der Waals surface area contributed by atoms with Gasteiger partial charge in [-0.25, -0.2) is 23.5 Å². The molecular weight excluding hydrogens is 488 g/mol. The molecule has 1 amide bonds. The second kappa shape index (κ2) is 9.45. The first kappa shape index (κ1) is 25.5. The van der Waals surface area contributed by atoms with E-state index < -0.39 is 32.6 Å². The summed E-state index contributed by atoms with van der Waals surface area (Å²) >= 11 is 0. The van der Waals surface area contributed by atoms with Gasteiger partial charge in [-0.3, -0.25) is 4.79 Å². The summed E-state index contributed by atoms with van der Waals surface area (Å²) in [6.45, 7) is 6.94. The molecule has 1 aliphatic heterocycles. The van der Waals surface area contributed by atoms with E-state index in [-0.39, 0.29) is 22.6 Å². The van der Waals surface area contributed by atoms with Crippen molar-refractivity contribution in [2.75, 3.05) is 23.4 Å². The topological polar surface area (TPSA) is 95.5 Å². The lowest BCUT2D eigenvalue weighted by molar-refractivity contribution is 0.0981. The van der Waals surface area contributed by atoms with Gasteiger partial charge in [-0.15, -0.1) is 0 Å². The number of hydrogen-bond donors (Lipinski definition) is 1. The molecule has 0 aliphatic carbocycles. The van der Waals surface area contributed by atoms with Crippen LogP contribution >= 0.6 is 0 Å². The van der Waals surface area contributed by atoms with Crippen LogP contribution in [-0.4, -0.2) is 43.4 Å². The van der Waals surface area contributed by atoms with Crippen molar-refractivity contribution in [3.8, 4) is 0 Å². The molecule has 0 radical (unpaired) electrons. The molecule has 36 heavy (non-hydrogen) atoms. The predicted octanol–water partition coefficient (Wildman–Crippen LogP) is 4.27. The minimum Gasteiger partial charge on any atom is -0.351 e. The highest BCUT2D eigenvalue weighted by molar-refractivity contribution is 7.90. The van der Waals surface area contributed by atoms with E-state index in [2.05, 4.69) is 35.5 Å². The van der Waals surface area contributed by atoms with Crippen molar-refractivity contribution in [2.45, 2.75) is 37.8 Å². The number of anilines is 3. The highest BCUT2D eigenvalue weighted by Crippen LogP contribution is 2.38. The average Bonchev–Trinajstić information content (AvgIpc) is 3.09. The molecule has 1 unspecified atom stereocenters. The number of aromatic nitrogens is 2. The Bertz CT molecular complexity index is 1390. The number of nitrogens with zero attached hydrogens (tertiary/aromatic N) is 4. The first-order valence-corrected chi connectivity index (χ1v) is 12.8. The second-order valence-corrected chi connectivity index (χ2v) is 11.0. The minimum atomic E-state index is -4.37. The Morgan fingerprint density at radius 3 is 2.47 bits per heavy atom. The third kappa shape index (κ3) is 4.88. The number of hydrogen-bond acceptors (Lipinski definition) is 7. The highest BCUT2D eigenvalue weighted by Gasteiger charge is 2.40. The summed E-state index contributed by atoms with van der Waals surface area (Å²) in [4.78, 5) is 25.0. The van der Waals surface area contributed by atoms with Crippen molar-refractivity contribution < 1.29 is 22.0 Å². The molecule has 0 saturated carbocycles. The van der Waals surface area contributed by atoms with E-state index >= 15 is 0 Å². The molecule has 1 atom stereocenters. The Balaban J connectivity index is 1.61. The molecule has 11 heteroatoms. The van der Waals surface area contributed by atoms with Gasteiger partial charge in [0.15, 0.2) is 5.03 Å². The zero-order chi connectivity index (χ0) is 26.3. The molecule has 0 bridgehead atoms. The largest absolute Gasteiger partial charge is 0.351 e. The van der Waals surface area contributed by atoms with Gasteiger partial charge in [0.2, 0.25) is 0 Å². The fourth-order valence-corrected chi connectivity index (χ4v) is 5.16. The van der Waals surface area contributed by atoms with Gasteiger partial charge in [0.25, 0.3) is 15.9 Å². The summed E-state index contributed by atoms with van der Waals surface area (Å²) in [6, 6.07) is 10.2. The Morgan fingerprint density at radius 2 is 1.83 bits per heavy atom. The van der Waals surface area contributed by atoms with E-state index in [0.717, 1.165) is 24.6 Å². The number of carbonyl (C=O) groups excluding carboxylic acids is 1. The maximum absolute atomic E-state index is 13.7. The molecule has 8 nitrogen and oxygen atoms in total. The number of benzene rings is 1. The van der Waals surface area contributed by atoms with Gasteiger partial charge in [0.1, 0.15) is 23.3 Å². The monoisotopic (exact) mass is 515 g/mol. The van der Waals surface area contributed by atoms with Crippen molar-refractivity contribution in [2.24, 2.45) is 5.92 Å². The van der Waals surface area contributed by atoms with Gasteiger partial charge in [-0.2, -0.15) is 8.42 Å². The van der Waals surface area contributed by atoms with Gasteiger partial charge in [0.05, 0.1) is 5.56 Å². The molecule has 1 saturated heterocycles. The van der Waals surface area contributed by atoms with Crippen LogP contribution in [0.1, 0.15) is 37.6 Å². The van der Waals surface area contributed by atoms with E-state index in [4.69, 9.17) is 0 Å². The highest BCUT2D eigenvalue weighted by atomic mass is 32.2. The standard InChI is InChI=1S/C25H27F2N5O3S/c1-16-10-12-32(25(16,2)3)23-20(7-6-11-28-23)24(33)30-36(34,35)22-9-5-8-21(29-22)31(4)19-14-17(26)13-18(27)15-19/h5-9,11,13-16H,10,12H2,1-4H3,(H,30,33). The third-order valence-corrected chi connectivity index (χ3v) is 8.00. The van der Waals surface area contributed by atoms with Crippen molar-refractivity contribution >= 4 is 33.3 Å². The second-order valence-electron chi connectivity index (χ2n) is 9.32. The van der Waals surface area contributed by atoms with Crippen LogP contribution in [0.2, 0.25) is 0 Å². The molecule has 1 fully saturated rings. The van der Waals surface area contributed by atoms with E-state index in [1.54, 1.807) is 12.3 Å². The Kier molecular flexibility index (Phi) is 6.70. The summed E-state index contributed by atoms with van der Waals surface area (Å²) in [5.74, 6) is -1.51. The van der Waals surface area contributed by atoms with Crippen LogP contribution in [0.15, 0.2) is 59.8 Å². The number of halogens is 2. The first-order valence-electron chi connectivity index (χ1n) is 11.4. The van der Waals surface area contributed by atoms with Crippen LogP contribution in [0.3, 0.4) is 0 Å². The van der Waals surface area contributed by atoms with Gasteiger partial charge in [0, 0.05) is 37.1 Å². The predicted molar refractivity (Wildman–Crippen MR) is 133 cm³/mol. The molecule has 4 rings (SSSR count). The molecule has 1 aliphatic rings. The van der Waals surface area contributed by atoms with E-state index in [0.29, 0.717) is 18.3 Å². The molecule has 1 N–H and O–H groups in total. The number of nitrogens with one attached hydrogen (secondary N) is 1. The lowest BCUT2D eigenvalue weighted by Gasteiger charge is -2.36. The number of pyridine rings is 2. The summed E-state index contributed by atoms with van der Waals surface area (Å²) < 4.78 is 55.5. The molecule has 190 valence electrons. The van der Waals surface area contributed by atoms with Crippen LogP contribution in [0.4, 0.5) is 26.1 Å². The SMILES string of the molecule is CC1CCN(c2ncccc2C(=O)NS(=O)(=O)c2cccc(N(C)c3cc(F)cc(F)c3)n2)C1(C)C. The molecule has 0 spiro atoms. The Morgan fingerprint density at radius 1 is 1.14 bits per heavy atom. The first-order chi connectivity index (χ1) is 16.9. The Hall–Kier alpha value is -3.60. The summed E-state index contributed by atoms with van der Waals surface area (Å²) in [7, 11) is -2.88. The van der Waals surface area contributed by atoms with Crippen molar-refractivity contribution in [1.29, 1.82) is 0 Å². The van der Waals surface area contributed by atoms with Gasteiger partial charge in [-0.05, 0) is 62.6 Å². The van der Waals surface area contributed by atoms with Crippen LogP contribution in [0, 0.1) is 17.6 Å². The van der Waals surface area contributed by atoms with Crippen LogP contribution < -0.4 is 14.5 Å². The summed E-state index contributed by atoms with van der Waals surface area (Å²) in [5, 5.41) is -0.419. The third-order valence-electron chi connectivity index (χ3n) is 6.76. The summed E-state index contributed by atoms with van der Waals surface area (Å²) in [6.07, 6.45) is 2.48. The van der Waals surface area contributed by atoms with Crippen molar-refractivity contribution in [3.05, 3.63) is 71.9 Å². The van der Waals surface area contributed by atoms with Gasteiger partial charge < -0.3 is 9.80 Å². The van der Waals surface area contributed by atoms with Gasteiger partial charge >= 0.3 is 0 Å². The molecule has 1 aromatic carbocycles. The fourth-order valence-electron chi connectivity index (χ4n) is 4.23. The van der Waals surface area contributed by atoms with Crippen LogP contribution in [-0.2, 0) is 10.0 Å². The Labute approximate surface area is 209 Å². The lowest BCUT2D eigenvalue weighted by atomic mass is 9.90. The van der Waals surface area contributed by atoms with Crippen LogP contribution in [0.25, 0.3) is 0 Å². The molecule has 2 aromatic heterocycles. The molecule has 3 aromatic rings. The smallest absolute Gasteiger partial charge is 0.281 e. The van der Waals surface area contributed by atoms with Crippen molar-refractivity contribution in [3.63, 3.8) is 0 Å². The molecule has 3 heterocycles. The number of amides is 1. The van der Waals surface area contributed by atoms with E-state index in [1.807, 2.05) is 4.90 Å². The summed E-state index contributed by atoms with van der Waals surface area (Å²) in [5.41, 5.74) is 0.00635. The minimum absolute atomic E-state index is 0.116. The zero-order valence-electron chi connectivity index (χ0n) is 20.4. The van der Waals surface area contributed by atoms with E-state index in [1.165, 1.54) is 36.2 Å². The van der Waals surface area contributed by atoms with Crippen molar-refractivity contribution in [1.82, 2.24) is 14.7 Å². The fraction of sp³-hybridized carbons (Fsp3) is 0.320. The lowest BCUT2D eigenvalue weighted by Crippen LogP contribution is -2.43. The van der Waals surface area contributed by atoms with Crippen LogP contribution in [0.5, 0.6) is 0 Å². The quantitative estimate of drug-likeness (QED) is 0.524. The van der Waals surface area contributed by atoms with E-state index in [9.17, 15) is 22.0 Å². The maximum Gasteiger partial charge on any atom is 0.281 e. The zero-order valence-corrected chi connectivity index (χ0v) is 21.2. The number of carbonyl (C=O) groups is 1. The average molecular weight is 516 g/mol. The van der Waals surface area contributed by atoms with Gasteiger partial charge in [-0.1, -0.05) is 13.0 Å². The molecular formula is C25H27F2N5O3S.